The number of rotatable bonds is 4. The Hall–Kier alpha value is -2.91. The van der Waals surface area contributed by atoms with Gasteiger partial charge < -0.3 is 15.7 Å². The number of anilines is 1. The largest absolute Gasteiger partial charge is 0.384 e. The number of hydrogen-bond donors (Lipinski definition) is 3. The van der Waals surface area contributed by atoms with Crippen molar-refractivity contribution in [3.63, 3.8) is 0 Å². The highest BCUT2D eigenvalue weighted by Gasteiger charge is 2.24. The third-order valence-corrected chi connectivity index (χ3v) is 3.44. The number of amides is 2. The molecule has 2 aromatic rings. The molecule has 0 spiro atoms. The van der Waals surface area contributed by atoms with Crippen molar-refractivity contribution in [2.45, 2.75) is 12.5 Å². The van der Waals surface area contributed by atoms with Gasteiger partial charge in [-0.1, -0.05) is 36.3 Å². The van der Waals surface area contributed by atoms with E-state index in [4.69, 9.17) is 6.42 Å². The molecule has 4 nitrogen and oxygen atoms in total. The van der Waals surface area contributed by atoms with Crippen LogP contribution in [0.4, 0.5) is 19.3 Å². The Morgan fingerprint density at radius 2 is 1.83 bits per heavy atom. The van der Waals surface area contributed by atoms with Crippen LogP contribution in [0.25, 0.3) is 0 Å². The fourth-order valence-electron chi connectivity index (χ4n) is 2.09. The van der Waals surface area contributed by atoms with E-state index in [1.54, 1.807) is 30.3 Å². The maximum atomic E-state index is 13.8. The van der Waals surface area contributed by atoms with Crippen molar-refractivity contribution >= 4 is 11.7 Å². The zero-order valence-electron chi connectivity index (χ0n) is 12.9. The first-order valence-corrected chi connectivity index (χ1v) is 7.12. The van der Waals surface area contributed by atoms with Crippen LogP contribution in [-0.4, -0.2) is 17.7 Å². The first kappa shape index (κ1) is 17.4. The van der Waals surface area contributed by atoms with Crippen LogP contribution in [0.15, 0.2) is 42.5 Å². The lowest BCUT2D eigenvalue weighted by molar-refractivity contribution is 0.0599. The van der Waals surface area contributed by atoms with E-state index in [0.717, 1.165) is 12.1 Å². The van der Waals surface area contributed by atoms with Crippen molar-refractivity contribution in [1.29, 1.82) is 0 Å². The summed E-state index contributed by atoms with van der Waals surface area (Å²) in [5.74, 6) is 0.153. The van der Waals surface area contributed by atoms with Gasteiger partial charge in [0.15, 0.2) is 11.6 Å². The molecular weight excluding hydrogens is 314 g/mol. The molecule has 0 heterocycles. The lowest BCUT2D eigenvalue weighted by Gasteiger charge is -2.24. The van der Waals surface area contributed by atoms with Gasteiger partial charge in [-0.05, 0) is 24.6 Å². The monoisotopic (exact) mass is 330 g/mol. The van der Waals surface area contributed by atoms with Crippen molar-refractivity contribution in [3.05, 3.63) is 65.2 Å². The summed E-state index contributed by atoms with van der Waals surface area (Å²) in [6.07, 6.45) is 5.08. The van der Waals surface area contributed by atoms with Crippen LogP contribution in [-0.2, 0) is 5.60 Å². The molecule has 1 unspecified atom stereocenters. The van der Waals surface area contributed by atoms with Crippen molar-refractivity contribution in [3.8, 4) is 12.3 Å². The number of carbonyl (C=O) groups excluding carboxylic acids is 1. The van der Waals surface area contributed by atoms with Gasteiger partial charge in [0.1, 0.15) is 11.3 Å². The molecule has 3 N–H and O–H groups in total. The van der Waals surface area contributed by atoms with Crippen LogP contribution >= 0.6 is 0 Å². The third-order valence-electron chi connectivity index (χ3n) is 3.44. The van der Waals surface area contributed by atoms with Gasteiger partial charge in [-0.25, -0.2) is 13.6 Å². The summed E-state index contributed by atoms with van der Waals surface area (Å²) in [5, 5.41) is 14.8. The normalized spacial score (nSPS) is 12.8. The molecule has 2 rings (SSSR count). The second-order valence-corrected chi connectivity index (χ2v) is 5.41. The Labute approximate surface area is 138 Å². The van der Waals surface area contributed by atoms with Crippen LogP contribution < -0.4 is 10.6 Å². The molecule has 0 aliphatic rings. The number of aliphatic hydroxyl groups is 1. The average molecular weight is 330 g/mol. The minimum Gasteiger partial charge on any atom is -0.384 e. The Morgan fingerprint density at radius 3 is 2.38 bits per heavy atom. The van der Waals surface area contributed by atoms with Crippen molar-refractivity contribution in [1.82, 2.24) is 5.32 Å². The molecule has 0 radical (unpaired) electrons. The number of nitrogens with one attached hydrogen (secondary N) is 2. The molecule has 6 heteroatoms. The SMILES string of the molecule is C#Cc1cc(F)c(NC(=O)NCC(C)(O)c2ccccc2)c(F)c1. The van der Waals surface area contributed by atoms with E-state index in [-0.39, 0.29) is 12.1 Å². The standard InChI is InChI=1S/C18H16F2N2O2/c1-3-12-9-14(19)16(15(20)10-12)22-17(23)21-11-18(2,24)13-7-5-4-6-8-13/h1,4-10,24H,11H2,2H3,(H2,21,22,23). The molecule has 0 saturated heterocycles. The van der Waals surface area contributed by atoms with E-state index in [1.165, 1.54) is 6.92 Å². The highest BCUT2D eigenvalue weighted by atomic mass is 19.1. The summed E-state index contributed by atoms with van der Waals surface area (Å²) < 4.78 is 27.5. The van der Waals surface area contributed by atoms with Crippen LogP contribution in [0, 0.1) is 24.0 Å². The van der Waals surface area contributed by atoms with Crippen LogP contribution in [0.3, 0.4) is 0 Å². The number of benzene rings is 2. The molecule has 0 aliphatic heterocycles. The van der Waals surface area contributed by atoms with Gasteiger partial charge in [-0.2, -0.15) is 0 Å². The number of halogens is 2. The third kappa shape index (κ3) is 4.09. The van der Waals surface area contributed by atoms with E-state index in [9.17, 15) is 18.7 Å². The van der Waals surface area contributed by atoms with E-state index in [0.29, 0.717) is 5.56 Å². The maximum absolute atomic E-state index is 13.8. The van der Waals surface area contributed by atoms with Crippen LogP contribution in [0.2, 0.25) is 0 Å². The predicted molar refractivity (Wildman–Crippen MR) is 87.3 cm³/mol. The quantitative estimate of drug-likeness (QED) is 0.755. The van der Waals surface area contributed by atoms with Gasteiger partial charge in [-0.15, -0.1) is 6.42 Å². The van der Waals surface area contributed by atoms with E-state index in [1.807, 2.05) is 0 Å². The van der Waals surface area contributed by atoms with E-state index >= 15 is 0 Å². The minimum atomic E-state index is -1.33. The molecule has 1 atom stereocenters. The topological polar surface area (TPSA) is 61.4 Å². The first-order valence-electron chi connectivity index (χ1n) is 7.12. The first-order chi connectivity index (χ1) is 11.3. The molecule has 0 aromatic heterocycles. The lowest BCUT2D eigenvalue weighted by atomic mass is 9.96. The Balaban J connectivity index is 2.03. The maximum Gasteiger partial charge on any atom is 0.319 e. The number of hydrogen-bond acceptors (Lipinski definition) is 2. The zero-order valence-corrected chi connectivity index (χ0v) is 12.9. The van der Waals surface area contributed by atoms with Gasteiger partial charge >= 0.3 is 6.03 Å². The van der Waals surface area contributed by atoms with Gasteiger partial charge in [0, 0.05) is 5.56 Å². The Kier molecular flexibility index (Phi) is 5.17. The van der Waals surface area contributed by atoms with Crippen molar-refractivity contribution in [2.75, 3.05) is 11.9 Å². The van der Waals surface area contributed by atoms with Crippen LogP contribution in [0.1, 0.15) is 18.1 Å². The fourth-order valence-corrected chi connectivity index (χ4v) is 2.09. The highest BCUT2D eigenvalue weighted by molar-refractivity contribution is 5.89. The minimum absolute atomic E-state index is 0.0305. The zero-order chi connectivity index (χ0) is 17.7. The molecule has 24 heavy (non-hydrogen) atoms. The lowest BCUT2D eigenvalue weighted by Crippen LogP contribution is -2.40. The second kappa shape index (κ2) is 7.11. The van der Waals surface area contributed by atoms with Crippen LogP contribution in [0.5, 0.6) is 0 Å². The molecular formula is C18H16F2N2O2. The molecule has 0 fully saturated rings. The average Bonchev–Trinajstić information content (AvgIpc) is 2.57. The summed E-state index contributed by atoms with van der Waals surface area (Å²) in [6.45, 7) is 1.38. The Morgan fingerprint density at radius 1 is 1.25 bits per heavy atom. The number of terminal acetylenes is 1. The van der Waals surface area contributed by atoms with Gasteiger partial charge in [-0.3, -0.25) is 0 Å². The molecule has 0 aliphatic carbocycles. The summed E-state index contributed by atoms with van der Waals surface area (Å²) in [5.41, 5.74) is -1.31. The summed E-state index contributed by atoms with van der Waals surface area (Å²) >= 11 is 0. The Bertz CT molecular complexity index is 760. The van der Waals surface area contributed by atoms with E-state index < -0.39 is 29.0 Å². The van der Waals surface area contributed by atoms with Gasteiger partial charge in [0.25, 0.3) is 0 Å². The van der Waals surface area contributed by atoms with Crippen molar-refractivity contribution < 1.29 is 18.7 Å². The summed E-state index contributed by atoms with van der Waals surface area (Å²) in [7, 11) is 0. The summed E-state index contributed by atoms with van der Waals surface area (Å²) in [6, 6.07) is 9.75. The van der Waals surface area contributed by atoms with Gasteiger partial charge in [0.05, 0.1) is 6.54 Å². The smallest absolute Gasteiger partial charge is 0.319 e. The van der Waals surface area contributed by atoms with Gasteiger partial charge in [0.2, 0.25) is 0 Å². The van der Waals surface area contributed by atoms with Crippen molar-refractivity contribution in [2.24, 2.45) is 0 Å². The molecule has 0 bridgehead atoms. The predicted octanol–water partition coefficient (Wildman–Crippen LogP) is 2.98. The molecule has 124 valence electrons. The highest BCUT2D eigenvalue weighted by Crippen LogP contribution is 2.21. The number of urea groups is 1. The van der Waals surface area contributed by atoms with E-state index in [2.05, 4.69) is 16.6 Å². The fraction of sp³-hybridized carbons (Fsp3) is 0.167. The summed E-state index contributed by atoms with van der Waals surface area (Å²) in [4.78, 5) is 11.8. The molecule has 2 aromatic carbocycles. The second-order valence-electron chi connectivity index (χ2n) is 5.41. The molecule has 2 amide bonds. The molecule has 0 saturated carbocycles. The number of carbonyl (C=O) groups is 1.